The van der Waals surface area contributed by atoms with Crippen LogP contribution in [0.4, 0.5) is 11.4 Å². The number of rotatable bonds is 6. The quantitative estimate of drug-likeness (QED) is 0.259. The first-order valence-electron chi connectivity index (χ1n) is 11.8. The highest BCUT2D eigenvalue weighted by atomic mass is 16.5. The summed E-state index contributed by atoms with van der Waals surface area (Å²) >= 11 is 0. The Morgan fingerprint density at radius 2 is 1.43 bits per heavy atom. The second-order valence-electron chi connectivity index (χ2n) is 8.51. The Kier molecular flexibility index (Phi) is 5.39. The zero-order valence-electron chi connectivity index (χ0n) is 19.2. The molecule has 4 nitrogen and oxygen atoms in total. The average Bonchev–Trinajstić information content (AvgIpc) is 3.40. The molecule has 35 heavy (non-hydrogen) atoms. The van der Waals surface area contributed by atoms with Crippen molar-refractivity contribution < 1.29 is 9.53 Å². The summed E-state index contributed by atoms with van der Waals surface area (Å²) in [5, 5.41) is 1.11. The molecule has 6 rings (SSSR count). The van der Waals surface area contributed by atoms with E-state index >= 15 is 0 Å². The number of carbonyl (C=O) groups excluding carboxylic acids is 1. The lowest BCUT2D eigenvalue weighted by Gasteiger charge is -2.16. The van der Waals surface area contributed by atoms with Crippen LogP contribution in [0, 0.1) is 0 Å². The lowest BCUT2D eigenvalue weighted by Crippen LogP contribution is -2.20. The summed E-state index contributed by atoms with van der Waals surface area (Å²) in [6.07, 6.45) is 4.15. The van der Waals surface area contributed by atoms with Crippen LogP contribution in [-0.4, -0.2) is 17.1 Å². The van der Waals surface area contributed by atoms with Gasteiger partial charge in [-0.1, -0.05) is 72.8 Å². The van der Waals surface area contributed by atoms with Gasteiger partial charge in [-0.25, -0.2) is 0 Å². The molecule has 4 heteroatoms. The van der Waals surface area contributed by atoms with E-state index in [1.807, 2.05) is 103 Å². The predicted molar refractivity (Wildman–Crippen MR) is 142 cm³/mol. The molecule has 0 unspecified atom stereocenters. The number of anilines is 2. The van der Waals surface area contributed by atoms with Gasteiger partial charge < -0.3 is 9.30 Å². The van der Waals surface area contributed by atoms with Crippen LogP contribution in [0.15, 0.2) is 115 Å². The predicted octanol–water partition coefficient (Wildman–Crippen LogP) is 6.94. The van der Waals surface area contributed by atoms with Crippen molar-refractivity contribution in [1.29, 1.82) is 0 Å². The molecule has 0 atom stereocenters. The summed E-state index contributed by atoms with van der Waals surface area (Å²) in [6, 6.07) is 36.0. The molecule has 0 radical (unpaired) electrons. The van der Waals surface area contributed by atoms with Crippen LogP contribution in [0.2, 0.25) is 0 Å². The van der Waals surface area contributed by atoms with Crippen molar-refractivity contribution in [2.24, 2.45) is 0 Å². The fourth-order valence-corrected chi connectivity index (χ4v) is 4.72. The average molecular weight is 457 g/mol. The largest absolute Gasteiger partial charge is 0.492 e. The van der Waals surface area contributed by atoms with Gasteiger partial charge in [0.1, 0.15) is 12.4 Å². The van der Waals surface area contributed by atoms with Crippen LogP contribution in [-0.2, 0) is 11.3 Å². The van der Waals surface area contributed by atoms with Gasteiger partial charge in [-0.05, 0) is 42.5 Å². The summed E-state index contributed by atoms with van der Waals surface area (Å²) in [5.74, 6) is 0.849. The molecule has 1 aliphatic rings. The summed E-state index contributed by atoms with van der Waals surface area (Å²) in [5.41, 5.74) is 5.57. The third-order valence-corrected chi connectivity index (χ3v) is 6.35. The molecular weight excluding hydrogens is 432 g/mol. The topological polar surface area (TPSA) is 34.5 Å². The molecule has 1 aromatic heterocycles. The van der Waals surface area contributed by atoms with Gasteiger partial charge >= 0.3 is 0 Å². The van der Waals surface area contributed by atoms with Crippen molar-refractivity contribution in [3.63, 3.8) is 0 Å². The van der Waals surface area contributed by atoms with E-state index in [0.29, 0.717) is 18.7 Å². The van der Waals surface area contributed by atoms with Crippen LogP contribution in [0.25, 0.3) is 22.6 Å². The maximum absolute atomic E-state index is 13.7. The van der Waals surface area contributed by atoms with Crippen molar-refractivity contribution in [1.82, 2.24) is 4.57 Å². The number of fused-ring (bicyclic) bond motifs is 2. The second kappa shape index (κ2) is 8.99. The molecule has 2 heterocycles. The maximum Gasteiger partial charge on any atom is 0.263 e. The Labute approximate surface area is 204 Å². The van der Waals surface area contributed by atoms with E-state index in [1.165, 1.54) is 0 Å². The van der Waals surface area contributed by atoms with Gasteiger partial charge in [0.2, 0.25) is 0 Å². The van der Waals surface area contributed by atoms with E-state index in [4.69, 9.17) is 4.74 Å². The van der Waals surface area contributed by atoms with E-state index in [1.54, 1.807) is 4.90 Å². The molecule has 0 saturated carbocycles. The molecule has 0 N–H and O–H groups in total. The summed E-state index contributed by atoms with van der Waals surface area (Å²) in [6.45, 7) is 1.27. The summed E-state index contributed by atoms with van der Waals surface area (Å²) in [4.78, 5) is 15.5. The fourth-order valence-electron chi connectivity index (χ4n) is 4.72. The van der Waals surface area contributed by atoms with Crippen molar-refractivity contribution in [3.8, 4) is 5.75 Å². The standard InChI is InChI=1S/C31H24N2O2/c34-31-28(27-16-8-10-18-30(27)33(31)24-11-3-1-4-12-24)21-23-22-32(29-17-9-7-15-26(23)29)19-20-35-25-13-5-2-6-14-25/h1-18,21-22H,19-20H2/b28-21+. The first-order valence-corrected chi connectivity index (χ1v) is 11.8. The highest BCUT2D eigenvalue weighted by Crippen LogP contribution is 2.42. The van der Waals surface area contributed by atoms with Crippen molar-refractivity contribution >= 4 is 39.8 Å². The van der Waals surface area contributed by atoms with E-state index in [-0.39, 0.29) is 5.91 Å². The fraction of sp³-hybridized carbons (Fsp3) is 0.0645. The number of para-hydroxylation sites is 4. The van der Waals surface area contributed by atoms with Gasteiger partial charge in [0.25, 0.3) is 5.91 Å². The highest BCUT2D eigenvalue weighted by Gasteiger charge is 2.33. The Hall–Kier alpha value is -4.57. The van der Waals surface area contributed by atoms with Gasteiger partial charge in [0, 0.05) is 33.9 Å². The van der Waals surface area contributed by atoms with Gasteiger partial charge in [0.15, 0.2) is 0 Å². The summed E-state index contributed by atoms with van der Waals surface area (Å²) < 4.78 is 8.13. The molecule has 1 aliphatic heterocycles. The number of ether oxygens (including phenoxy) is 1. The number of carbonyl (C=O) groups is 1. The molecule has 1 amide bonds. The number of aromatic nitrogens is 1. The van der Waals surface area contributed by atoms with Crippen LogP contribution in [0.5, 0.6) is 5.75 Å². The minimum Gasteiger partial charge on any atom is -0.492 e. The zero-order chi connectivity index (χ0) is 23.6. The highest BCUT2D eigenvalue weighted by molar-refractivity contribution is 6.38. The van der Waals surface area contributed by atoms with E-state index in [0.717, 1.165) is 39.2 Å². The number of nitrogens with zero attached hydrogens (tertiary/aromatic N) is 2. The molecule has 170 valence electrons. The third kappa shape index (κ3) is 3.89. The van der Waals surface area contributed by atoms with Crippen LogP contribution in [0.1, 0.15) is 11.1 Å². The number of hydrogen-bond acceptors (Lipinski definition) is 2. The van der Waals surface area contributed by atoms with Gasteiger partial charge in [0.05, 0.1) is 17.8 Å². The third-order valence-electron chi connectivity index (χ3n) is 6.35. The van der Waals surface area contributed by atoms with Gasteiger partial charge in [-0.3, -0.25) is 9.69 Å². The lowest BCUT2D eigenvalue weighted by molar-refractivity contribution is -0.112. The lowest BCUT2D eigenvalue weighted by atomic mass is 10.0. The maximum atomic E-state index is 13.7. The Balaban J connectivity index is 1.37. The molecule has 4 aromatic carbocycles. The minimum atomic E-state index is -0.0124. The Morgan fingerprint density at radius 3 is 2.26 bits per heavy atom. The zero-order valence-corrected chi connectivity index (χ0v) is 19.2. The monoisotopic (exact) mass is 456 g/mol. The first-order chi connectivity index (χ1) is 17.3. The van der Waals surface area contributed by atoms with E-state index < -0.39 is 0 Å². The molecule has 0 bridgehead atoms. The first kappa shape index (κ1) is 21.0. The van der Waals surface area contributed by atoms with Gasteiger partial charge in [-0.2, -0.15) is 0 Å². The molecule has 0 aliphatic carbocycles. The van der Waals surface area contributed by atoms with E-state index in [2.05, 4.69) is 22.9 Å². The Bertz CT molecular complexity index is 1530. The molecule has 0 spiro atoms. The number of amides is 1. The van der Waals surface area contributed by atoms with E-state index in [9.17, 15) is 4.79 Å². The molecule has 0 saturated heterocycles. The van der Waals surface area contributed by atoms with Gasteiger partial charge in [-0.15, -0.1) is 0 Å². The number of hydrogen-bond donors (Lipinski definition) is 0. The van der Waals surface area contributed by atoms with Crippen LogP contribution >= 0.6 is 0 Å². The molecule has 5 aromatic rings. The summed E-state index contributed by atoms with van der Waals surface area (Å²) in [7, 11) is 0. The second-order valence-corrected chi connectivity index (χ2v) is 8.51. The van der Waals surface area contributed by atoms with Crippen molar-refractivity contribution in [2.75, 3.05) is 11.5 Å². The molecule has 0 fully saturated rings. The van der Waals surface area contributed by atoms with Crippen LogP contribution < -0.4 is 9.64 Å². The Morgan fingerprint density at radius 1 is 0.743 bits per heavy atom. The van der Waals surface area contributed by atoms with Crippen molar-refractivity contribution in [2.45, 2.75) is 6.54 Å². The number of benzene rings is 4. The smallest absolute Gasteiger partial charge is 0.263 e. The van der Waals surface area contributed by atoms with Crippen molar-refractivity contribution in [3.05, 3.63) is 127 Å². The van der Waals surface area contributed by atoms with Crippen LogP contribution in [0.3, 0.4) is 0 Å². The normalized spacial score (nSPS) is 14.0. The molecular formula is C31H24N2O2. The SMILES string of the molecule is O=C1/C(=C/c2cn(CCOc3ccccc3)c3ccccc23)c2ccccc2N1c1ccccc1. The minimum absolute atomic E-state index is 0.0124.